The van der Waals surface area contributed by atoms with Crippen LogP contribution in [0.3, 0.4) is 0 Å². The van der Waals surface area contributed by atoms with Crippen LogP contribution in [0.15, 0.2) is 35.2 Å². The van der Waals surface area contributed by atoms with E-state index in [4.69, 9.17) is 11.6 Å². The smallest absolute Gasteiger partial charge is 0.134 e. The van der Waals surface area contributed by atoms with Crippen molar-refractivity contribution in [3.05, 3.63) is 46.9 Å². The number of hydrogen-bond acceptors (Lipinski definition) is 4. The molecular formula is C14H16ClN3OS. The molecule has 0 radical (unpaired) electrons. The molecule has 6 heteroatoms. The molecule has 0 saturated carbocycles. The largest absolute Gasteiger partial charge is 0.355 e. The van der Waals surface area contributed by atoms with Gasteiger partial charge in [-0.05, 0) is 24.6 Å². The molecule has 0 amide bonds. The summed E-state index contributed by atoms with van der Waals surface area (Å²) in [7, 11) is 1.00. The van der Waals surface area contributed by atoms with Gasteiger partial charge in [-0.15, -0.1) is 0 Å². The van der Waals surface area contributed by atoms with Gasteiger partial charge in [-0.1, -0.05) is 23.7 Å². The molecule has 4 nitrogen and oxygen atoms in total. The summed E-state index contributed by atoms with van der Waals surface area (Å²) in [4.78, 5) is 11.2. The third-order valence-corrected chi connectivity index (χ3v) is 3.99. The molecule has 1 atom stereocenters. The molecule has 0 aliphatic heterocycles. The first kappa shape index (κ1) is 14.9. The molecule has 2 rings (SSSR count). The summed E-state index contributed by atoms with van der Waals surface area (Å²) < 4.78 is 11.3. The molecule has 1 unspecified atom stereocenters. The normalized spacial score (nSPS) is 12.2. The van der Waals surface area contributed by atoms with Gasteiger partial charge in [0, 0.05) is 41.6 Å². The monoisotopic (exact) mass is 309 g/mol. The Morgan fingerprint density at radius 1 is 1.25 bits per heavy atom. The van der Waals surface area contributed by atoms with E-state index in [9.17, 15) is 4.21 Å². The summed E-state index contributed by atoms with van der Waals surface area (Å²) in [5.74, 6) is 1.43. The van der Waals surface area contributed by atoms with E-state index in [2.05, 4.69) is 9.97 Å². The Morgan fingerprint density at radius 2 is 1.90 bits per heavy atom. The minimum Gasteiger partial charge on any atom is -0.355 e. The summed E-state index contributed by atoms with van der Waals surface area (Å²) in [6.07, 6.45) is 1.67. The van der Waals surface area contributed by atoms with Gasteiger partial charge >= 0.3 is 0 Å². The van der Waals surface area contributed by atoms with Gasteiger partial charge in [-0.25, -0.2) is 9.97 Å². The third-order valence-electron chi connectivity index (χ3n) is 2.86. The zero-order chi connectivity index (χ0) is 14.7. The number of rotatable bonds is 4. The minimum atomic E-state index is -0.944. The third kappa shape index (κ3) is 3.77. The van der Waals surface area contributed by atoms with Crippen LogP contribution < -0.4 is 4.90 Å². The summed E-state index contributed by atoms with van der Waals surface area (Å²) in [5, 5.41) is 0.441. The number of anilines is 1. The second-order valence-electron chi connectivity index (χ2n) is 4.55. The van der Waals surface area contributed by atoms with Crippen molar-refractivity contribution in [3.63, 3.8) is 0 Å². The molecule has 1 heterocycles. The van der Waals surface area contributed by atoms with Crippen molar-refractivity contribution in [2.24, 2.45) is 0 Å². The highest BCUT2D eigenvalue weighted by atomic mass is 35.5. The van der Waals surface area contributed by atoms with Gasteiger partial charge in [-0.2, -0.15) is 0 Å². The van der Waals surface area contributed by atoms with Gasteiger partial charge in [0.1, 0.15) is 16.8 Å². The van der Waals surface area contributed by atoms with E-state index in [-0.39, 0.29) is 0 Å². The standard InChI is InChI=1S/C14H16ClN3OS/c1-10-16-13(15)8-14(17-10)18(2)9-11-4-6-12(7-5-11)20(3)19/h4-8H,9H2,1-3H3. The van der Waals surface area contributed by atoms with E-state index in [1.807, 2.05) is 43.1 Å². The number of benzene rings is 1. The van der Waals surface area contributed by atoms with E-state index in [1.54, 1.807) is 12.3 Å². The Kier molecular flexibility index (Phi) is 4.73. The van der Waals surface area contributed by atoms with Crippen LogP contribution >= 0.6 is 11.6 Å². The topological polar surface area (TPSA) is 46.1 Å². The number of hydrogen-bond donors (Lipinski definition) is 0. The molecule has 1 aromatic carbocycles. The maximum Gasteiger partial charge on any atom is 0.134 e. The van der Waals surface area contributed by atoms with Gasteiger partial charge in [0.05, 0.1) is 0 Å². The van der Waals surface area contributed by atoms with E-state index < -0.39 is 10.8 Å². The summed E-state index contributed by atoms with van der Waals surface area (Å²) in [6.45, 7) is 2.51. The van der Waals surface area contributed by atoms with Crippen LogP contribution in [-0.2, 0) is 17.3 Å². The summed E-state index contributed by atoms with van der Waals surface area (Å²) in [6, 6.07) is 9.46. The zero-order valence-corrected chi connectivity index (χ0v) is 13.2. The molecule has 0 N–H and O–H groups in total. The maximum absolute atomic E-state index is 11.3. The lowest BCUT2D eigenvalue weighted by Crippen LogP contribution is -2.18. The Morgan fingerprint density at radius 3 is 2.45 bits per heavy atom. The van der Waals surface area contributed by atoms with Crippen molar-refractivity contribution < 1.29 is 4.21 Å². The summed E-state index contributed by atoms with van der Waals surface area (Å²) in [5.41, 5.74) is 1.12. The van der Waals surface area contributed by atoms with Gasteiger partial charge < -0.3 is 4.90 Å². The van der Waals surface area contributed by atoms with E-state index >= 15 is 0 Å². The predicted octanol–water partition coefficient (Wildman–Crippen LogP) is 2.81. The Balaban J connectivity index is 2.14. The van der Waals surface area contributed by atoms with Crippen molar-refractivity contribution in [3.8, 4) is 0 Å². The molecular weight excluding hydrogens is 294 g/mol. The van der Waals surface area contributed by atoms with Crippen molar-refractivity contribution in [2.45, 2.75) is 18.4 Å². The van der Waals surface area contributed by atoms with Gasteiger partial charge in [0.2, 0.25) is 0 Å². The molecule has 0 spiro atoms. The first-order valence-corrected chi connectivity index (χ1v) is 8.04. The Bertz CT molecular complexity index is 611. The second-order valence-corrected chi connectivity index (χ2v) is 6.32. The van der Waals surface area contributed by atoms with Gasteiger partial charge in [0.15, 0.2) is 0 Å². The van der Waals surface area contributed by atoms with Crippen LogP contribution in [0, 0.1) is 6.92 Å². The molecule has 0 aliphatic carbocycles. The SMILES string of the molecule is Cc1nc(Cl)cc(N(C)Cc2ccc(S(C)=O)cc2)n1. The van der Waals surface area contributed by atoms with Crippen LogP contribution in [0.4, 0.5) is 5.82 Å². The van der Waals surface area contributed by atoms with Crippen LogP contribution in [0.5, 0.6) is 0 Å². The average Bonchev–Trinajstić information content (AvgIpc) is 2.38. The number of aromatic nitrogens is 2. The van der Waals surface area contributed by atoms with Crippen molar-refractivity contribution >= 4 is 28.2 Å². The lowest BCUT2D eigenvalue weighted by molar-refractivity contribution is 0.686. The first-order valence-electron chi connectivity index (χ1n) is 6.10. The number of halogens is 1. The molecule has 20 heavy (non-hydrogen) atoms. The predicted molar refractivity (Wildman–Crippen MR) is 82.7 cm³/mol. The zero-order valence-electron chi connectivity index (χ0n) is 11.6. The first-order chi connectivity index (χ1) is 9.45. The van der Waals surface area contributed by atoms with Gasteiger partial charge in [-0.3, -0.25) is 4.21 Å². The maximum atomic E-state index is 11.3. The highest BCUT2D eigenvalue weighted by Gasteiger charge is 2.07. The lowest BCUT2D eigenvalue weighted by atomic mass is 10.2. The molecule has 106 valence electrons. The van der Waals surface area contributed by atoms with Crippen LogP contribution in [0.1, 0.15) is 11.4 Å². The second kappa shape index (κ2) is 6.33. The Labute approximate surface area is 126 Å². The molecule has 1 aromatic heterocycles. The number of aryl methyl sites for hydroxylation is 1. The molecule has 2 aromatic rings. The fourth-order valence-corrected chi connectivity index (χ4v) is 2.59. The quantitative estimate of drug-likeness (QED) is 0.815. The lowest BCUT2D eigenvalue weighted by Gasteiger charge is -2.18. The van der Waals surface area contributed by atoms with Gasteiger partial charge in [0.25, 0.3) is 0 Å². The molecule has 0 fully saturated rings. The van der Waals surface area contributed by atoms with E-state index in [0.29, 0.717) is 17.5 Å². The highest BCUT2D eigenvalue weighted by molar-refractivity contribution is 7.84. The van der Waals surface area contributed by atoms with Crippen molar-refractivity contribution in [2.75, 3.05) is 18.2 Å². The fourth-order valence-electron chi connectivity index (χ4n) is 1.85. The number of nitrogens with zero attached hydrogens (tertiary/aromatic N) is 3. The van der Waals surface area contributed by atoms with Crippen LogP contribution in [0.25, 0.3) is 0 Å². The average molecular weight is 310 g/mol. The summed E-state index contributed by atoms with van der Waals surface area (Å²) >= 11 is 5.94. The molecule has 0 bridgehead atoms. The minimum absolute atomic E-state index is 0.441. The molecule has 0 aliphatic rings. The van der Waals surface area contributed by atoms with E-state index in [0.717, 1.165) is 16.3 Å². The highest BCUT2D eigenvalue weighted by Crippen LogP contribution is 2.17. The van der Waals surface area contributed by atoms with E-state index in [1.165, 1.54) is 0 Å². The van der Waals surface area contributed by atoms with Crippen molar-refractivity contribution in [1.82, 2.24) is 9.97 Å². The molecule has 0 saturated heterocycles. The fraction of sp³-hybridized carbons (Fsp3) is 0.286. The Hall–Kier alpha value is -1.46. The van der Waals surface area contributed by atoms with Crippen LogP contribution in [0.2, 0.25) is 5.15 Å². The van der Waals surface area contributed by atoms with Crippen LogP contribution in [-0.4, -0.2) is 27.5 Å². The van der Waals surface area contributed by atoms with Crippen molar-refractivity contribution in [1.29, 1.82) is 0 Å².